The van der Waals surface area contributed by atoms with Crippen molar-refractivity contribution in [3.05, 3.63) is 29.8 Å². The first-order chi connectivity index (χ1) is 11.0. The number of aryl methyl sites for hydroxylation is 1. The number of nitrogens with one attached hydrogen (secondary N) is 1. The summed E-state index contributed by atoms with van der Waals surface area (Å²) in [6.45, 7) is 2.62. The molecule has 0 heterocycles. The second kappa shape index (κ2) is 8.39. The van der Waals surface area contributed by atoms with E-state index < -0.39 is 5.97 Å². The molecule has 0 radical (unpaired) electrons. The molecular weight excluding hydrogens is 310 g/mol. The van der Waals surface area contributed by atoms with Gasteiger partial charge in [-0.1, -0.05) is 30.5 Å². The van der Waals surface area contributed by atoms with Crippen molar-refractivity contribution in [2.75, 3.05) is 6.54 Å². The Bertz CT molecular complexity index is 536. The van der Waals surface area contributed by atoms with E-state index in [2.05, 4.69) is 36.5 Å². The molecule has 1 amide bonds. The summed E-state index contributed by atoms with van der Waals surface area (Å²) in [7, 11) is 0. The molecule has 0 aromatic heterocycles. The quantitative estimate of drug-likeness (QED) is 0.710. The Kier molecular flexibility index (Phi) is 6.51. The van der Waals surface area contributed by atoms with E-state index in [0.29, 0.717) is 19.4 Å². The summed E-state index contributed by atoms with van der Waals surface area (Å²) >= 11 is 1.68. The number of amides is 1. The van der Waals surface area contributed by atoms with Crippen LogP contribution in [0.15, 0.2) is 29.2 Å². The molecule has 23 heavy (non-hydrogen) atoms. The van der Waals surface area contributed by atoms with Crippen LogP contribution < -0.4 is 5.32 Å². The van der Waals surface area contributed by atoms with Crippen LogP contribution in [0.25, 0.3) is 0 Å². The van der Waals surface area contributed by atoms with Crippen LogP contribution in [0.5, 0.6) is 0 Å². The van der Waals surface area contributed by atoms with E-state index in [4.69, 9.17) is 5.11 Å². The molecule has 1 aromatic carbocycles. The van der Waals surface area contributed by atoms with Crippen LogP contribution >= 0.6 is 11.8 Å². The first-order valence-corrected chi connectivity index (χ1v) is 9.09. The fraction of sp³-hybridized carbons (Fsp3) is 0.556. The van der Waals surface area contributed by atoms with E-state index in [9.17, 15) is 9.59 Å². The van der Waals surface area contributed by atoms with Gasteiger partial charge in [0.05, 0.1) is 4.75 Å². The lowest BCUT2D eigenvalue weighted by Crippen LogP contribution is -2.42. The average molecular weight is 335 g/mol. The fourth-order valence-corrected chi connectivity index (χ4v) is 4.30. The lowest BCUT2D eigenvalue weighted by atomic mass is 10.1. The molecule has 126 valence electrons. The van der Waals surface area contributed by atoms with E-state index in [-0.39, 0.29) is 17.1 Å². The molecule has 1 aromatic rings. The van der Waals surface area contributed by atoms with Gasteiger partial charge in [0.15, 0.2) is 0 Å². The molecule has 2 rings (SSSR count). The molecule has 4 nitrogen and oxygen atoms in total. The third kappa shape index (κ3) is 5.27. The smallest absolute Gasteiger partial charge is 0.303 e. The summed E-state index contributed by atoms with van der Waals surface area (Å²) in [5, 5.41) is 11.6. The summed E-state index contributed by atoms with van der Waals surface area (Å²) < 4.78 is -0.359. The minimum atomic E-state index is -0.779. The van der Waals surface area contributed by atoms with E-state index in [1.807, 2.05) is 0 Å². The molecule has 1 saturated carbocycles. The number of benzene rings is 1. The number of hydrogen-bond donors (Lipinski definition) is 2. The molecule has 2 N–H and O–H groups in total. The van der Waals surface area contributed by atoms with Gasteiger partial charge in [-0.25, -0.2) is 0 Å². The normalized spacial score (nSPS) is 16.2. The predicted octanol–water partition coefficient (Wildman–Crippen LogP) is 3.77. The van der Waals surface area contributed by atoms with E-state index >= 15 is 0 Å². The molecule has 0 atom stereocenters. The number of carbonyl (C=O) groups excluding carboxylic acids is 1. The average Bonchev–Trinajstić information content (AvgIpc) is 2.98. The Morgan fingerprint density at radius 1 is 1.17 bits per heavy atom. The second-order valence-corrected chi connectivity index (χ2v) is 7.68. The van der Waals surface area contributed by atoms with Crippen LogP contribution in [-0.2, 0) is 9.59 Å². The highest BCUT2D eigenvalue weighted by molar-refractivity contribution is 8.01. The van der Waals surface area contributed by atoms with Gasteiger partial charge in [-0.2, -0.15) is 0 Å². The molecule has 0 bridgehead atoms. The van der Waals surface area contributed by atoms with Gasteiger partial charge in [0.1, 0.15) is 0 Å². The van der Waals surface area contributed by atoms with Crippen LogP contribution in [0.1, 0.15) is 50.5 Å². The summed E-state index contributed by atoms with van der Waals surface area (Å²) in [4.78, 5) is 24.3. The zero-order chi connectivity index (χ0) is 16.7. The van der Waals surface area contributed by atoms with Gasteiger partial charge in [-0.05, 0) is 44.7 Å². The van der Waals surface area contributed by atoms with Crippen LogP contribution in [0.4, 0.5) is 0 Å². The van der Waals surface area contributed by atoms with Crippen molar-refractivity contribution in [2.24, 2.45) is 0 Å². The van der Waals surface area contributed by atoms with E-state index in [1.54, 1.807) is 11.8 Å². The molecule has 5 heteroatoms. The van der Waals surface area contributed by atoms with Crippen molar-refractivity contribution in [1.82, 2.24) is 5.32 Å². The SMILES string of the molecule is Cc1ccc(SC2(C(=O)NCCCCC(=O)O)CCCC2)cc1. The molecule has 0 spiro atoms. The first kappa shape index (κ1) is 17.9. The number of carboxylic acids is 1. The monoisotopic (exact) mass is 335 g/mol. The van der Waals surface area contributed by atoms with Crippen LogP contribution in [0, 0.1) is 6.92 Å². The van der Waals surface area contributed by atoms with Gasteiger partial charge < -0.3 is 10.4 Å². The maximum Gasteiger partial charge on any atom is 0.303 e. The van der Waals surface area contributed by atoms with Gasteiger partial charge in [0, 0.05) is 17.9 Å². The maximum absolute atomic E-state index is 12.7. The van der Waals surface area contributed by atoms with E-state index in [1.165, 1.54) is 5.56 Å². The highest BCUT2D eigenvalue weighted by Gasteiger charge is 2.41. The lowest BCUT2D eigenvalue weighted by molar-refractivity contribution is -0.137. The molecule has 0 saturated heterocycles. The van der Waals surface area contributed by atoms with Gasteiger partial charge >= 0.3 is 5.97 Å². The number of rotatable bonds is 8. The summed E-state index contributed by atoms with van der Waals surface area (Å²) in [6.07, 6.45) is 5.48. The number of thioether (sulfide) groups is 1. The highest BCUT2D eigenvalue weighted by atomic mass is 32.2. The van der Waals surface area contributed by atoms with Crippen molar-refractivity contribution in [3.8, 4) is 0 Å². The second-order valence-electron chi connectivity index (χ2n) is 6.22. The van der Waals surface area contributed by atoms with Crippen molar-refractivity contribution in [3.63, 3.8) is 0 Å². The third-order valence-corrected chi connectivity index (χ3v) is 5.75. The van der Waals surface area contributed by atoms with Crippen molar-refractivity contribution >= 4 is 23.6 Å². The van der Waals surface area contributed by atoms with Crippen molar-refractivity contribution in [2.45, 2.75) is 61.5 Å². The third-order valence-electron chi connectivity index (χ3n) is 4.26. The number of hydrogen-bond acceptors (Lipinski definition) is 3. The van der Waals surface area contributed by atoms with Gasteiger partial charge in [0.2, 0.25) is 5.91 Å². The number of aliphatic carboxylic acids is 1. The number of carbonyl (C=O) groups is 2. The zero-order valence-electron chi connectivity index (χ0n) is 13.6. The number of unbranched alkanes of at least 4 members (excludes halogenated alkanes) is 1. The van der Waals surface area contributed by atoms with Gasteiger partial charge in [0.25, 0.3) is 0 Å². The summed E-state index contributed by atoms with van der Waals surface area (Å²) in [5.74, 6) is -0.672. The number of carboxylic acid groups (broad SMARTS) is 1. The minimum absolute atomic E-state index is 0.107. The summed E-state index contributed by atoms with van der Waals surface area (Å²) in [6, 6.07) is 8.32. The topological polar surface area (TPSA) is 66.4 Å². The molecular formula is C18H25NO3S. The molecule has 1 aliphatic rings. The van der Waals surface area contributed by atoms with Crippen molar-refractivity contribution in [1.29, 1.82) is 0 Å². The first-order valence-electron chi connectivity index (χ1n) is 8.28. The van der Waals surface area contributed by atoms with E-state index in [0.717, 1.165) is 30.6 Å². The van der Waals surface area contributed by atoms with Gasteiger partial charge in [-0.15, -0.1) is 11.8 Å². The Balaban J connectivity index is 1.90. The zero-order valence-corrected chi connectivity index (χ0v) is 14.5. The molecule has 0 aliphatic heterocycles. The Hall–Kier alpha value is -1.49. The van der Waals surface area contributed by atoms with Crippen LogP contribution in [0.2, 0.25) is 0 Å². The Morgan fingerprint density at radius 3 is 2.43 bits per heavy atom. The van der Waals surface area contributed by atoms with Crippen LogP contribution in [0.3, 0.4) is 0 Å². The Labute approximate surface area is 142 Å². The maximum atomic E-state index is 12.7. The largest absolute Gasteiger partial charge is 0.481 e. The van der Waals surface area contributed by atoms with Crippen LogP contribution in [-0.4, -0.2) is 28.3 Å². The standard InChI is InChI=1S/C18H25NO3S/c1-14-7-9-15(10-8-14)23-18(11-3-4-12-18)17(22)19-13-5-2-6-16(20)21/h7-10H,2-6,11-13H2,1H3,(H,19,22)(H,20,21). The predicted molar refractivity (Wildman–Crippen MR) is 92.7 cm³/mol. The Morgan fingerprint density at radius 2 is 1.83 bits per heavy atom. The lowest BCUT2D eigenvalue weighted by Gasteiger charge is -2.27. The molecule has 1 fully saturated rings. The minimum Gasteiger partial charge on any atom is -0.481 e. The fourth-order valence-electron chi connectivity index (χ4n) is 2.92. The molecule has 0 unspecified atom stereocenters. The molecule has 1 aliphatic carbocycles. The van der Waals surface area contributed by atoms with Gasteiger partial charge in [-0.3, -0.25) is 9.59 Å². The summed E-state index contributed by atoms with van der Waals surface area (Å²) in [5.41, 5.74) is 1.22. The highest BCUT2D eigenvalue weighted by Crippen LogP contribution is 2.45. The van der Waals surface area contributed by atoms with Crippen molar-refractivity contribution < 1.29 is 14.7 Å².